The lowest BCUT2D eigenvalue weighted by Gasteiger charge is -2.01. The molecule has 0 amide bonds. The average molecular weight is 286 g/mol. The average Bonchev–Trinajstić information content (AvgIpc) is 2.72. The molecule has 0 aliphatic rings. The fraction of sp³-hybridized carbons (Fsp3) is 0.111. The zero-order valence-corrected chi connectivity index (χ0v) is 10.5. The molecule has 0 atom stereocenters. The van der Waals surface area contributed by atoms with Crippen LogP contribution in [0.5, 0.6) is 0 Å². The van der Waals surface area contributed by atoms with E-state index in [4.69, 9.17) is 5.73 Å². The van der Waals surface area contributed by atoms with Crippen molar-refractivity contribution in [2.45, 2.75) is 10.1 Å². The molecule has 6 nitrogen and oxygen atoms in total. The number of benzene rings is 1. The SMILES string of the molecule is Nc1nnc(SCc2cc(F)ccc2[N+](=O)[O-])s1. The molecule has 0 spiro atoms. The number of aromatic nitrogens is 2. The highest BCUT2D eigenvalue weighted by molar-refractivity contribution is 8.00. The fourth-order valence-electron chi connectivity index (χ4n) is 1.27. The summed E-state index contributed by atoms with van der Waals surface area (Å²) in [4.78, 5) is 10.2. The number of hydrogen-bond donors (Lipinski definition) is 1. The van der Waals surface area contributed by atoms with Crippen LogP contribution in [0.15, 0.2) is 22.5 Å². The highest BCUT2D eigenvalue weighted by Crippen LogP contribution is 2.30. The molecular formula is C9H7FN4O2S2. The highest BCUT2D eigenvalue weighted by Gasteiger charge is 2.15. The van der Waals surface area contributed by atoms with Crippen molar-refractivity contribution < 1.29 is 9.31 Å². The normalized spacial score (nSPS) is 10.5. The van der Waals surface area contributed by atoms with Crippen molar-refractivity contribution in [2.24, 2.45) is 0 Å². The van der Waals surface area contributed by atoms with Crippen LogP contribution in [0, 0.1) is 15.9 Å². The van der Waals surface area contributed by atoms with Gasteiger partial charge in [0.2, 0.25) is 5.13 Å². The lowest BCUT2D eigenvalue weighted by Crippen LogP contribution is -1.95. The molecule has 1 heterocycles. The van der Waals surface area contributed by atoms with E-state index in [2.05, 4.69) is 10.2 Å². The quantitative estimate of drug-likeness (QED) is 0.527. The van der Waals surface area contributed by atoms with Gasteiger partial charge in [-0.3, -0.25) is 10.1 Å². The van der Waals surface area contributed by atoms with Gasteiger partial charge in [0.1, 0.15) is 5.82 Å². The Kier molecular flexibility index (Phi) is 3.72. The molecule has 2 N–H and O–H groups in total. The van der Waals surface area contributed by atoms with E-state index in [1.54, 1.807) is 0 Å². The Morgan fingerprint density at radius 2 is 2.28 bits per heavy atom. The van der Waals surface area contributed by atoms with Crippen molar-refractivity contribution in [2.75, 3.05) is 5.73 Å². The fourth-order valence-corrected chi connectivity index (χ4v) is 2.89. The van der Waals surface area contributed by atoms with Crippen LogP contribution >= 0.6 is 23.1 Å². The van der Waals surface area contributed by atoms with Crippen LogP contribution in [0.4, 0.5) is 15.2 Å². The summed E-state index contributed by atoms with van der Waals surface area (Å²) in [6.45, 7) is 0. The lowest BCUT2D eigenvalue weighted by atomic mass is 10.2. The lowest BCUT2D eigenvalue weighted by molar-refractivity contribution is -0.385. The summed E-state index contributed by atoms with van der Waals surface area (Å²) in [6.07, 6.45) is 0. The van der Waals surface area contributed by atoms with E-state index in [1.807, 2.05) is 0 Å². The van der Waals surface area contributed by atoms with Gasteiger partial charge in [-0.05, 0) is 12.1 Å². The number of nitrogen functional groups attached to an aromatic ring is 1. The van der Waals surface area contributed by atoms with Crippen molar-refractivity contribution in [3.8, 4) is 0 Å². The third-order valence-electron chi connectivity index (χ3n) is 2.01. The zero-order chi connectivity index (χ0) is 13.1. The van der Waals surface area contributed by atoms with Gasteiger partial charge < -0.3 is 5.73 Å². The molecule has 0 aliphatic carbocycles. The second-order valence-corrected chi connectivity index (χ2v) is 5.46. The maximum absolute atomic E-state index is 13.1. The van der Waals surface area contributed by atoms with Gasteiger partial charge in [-0.25, -0.2) is 4.39 Å². The van der Waals surface area contributed by atoms with E-state index in [0.717, 1.165) is 18.2 Å². The summed E-state index contributed by atoms with van der Waals surface area (Å²) < 4.78 is 13.7. The van der Waals surface area contributed by atoms with Crippen LogP contribution in [0.2, 0.25) is 0 Å². The van der Waals surface area contributed by atoms with Gasteiger partial charge in [0.05, 0.1) is 4.92 Å². The molecule has 0 fully saturated rings. The number of nitro groups is 1. The number of nitrogens with zero attached hydrogens (tertiary/aromatic N) is 3. The first-order valence-electron chi connectivity index (χ1n) is 4.71. The Labute approximate surface area is 109 Å². The van der Waals surface area contributed by atoms with Gasteiger partial charge in [-0.2, -0.15) is 0 Å². The predicted molar refractivity (Wildman–Crippen MR) is 66.9 cm³/mol. The van der Waals surface area contributed by atoms with Gasteiger partial charge in [-0.1, -0.05) is 23.1 Å². The van der Waals surface area contributed by atoms with Crippen molar-refractivity contribution >= 4 is 33.9 Å². The van der Waals surface area contributed by atoms with Crippen LogP contribution < -0.4 is 5.73 Å². The number of rotatable bonds is 4. The van der Waals surface area contributed by atoms with Crippen LogP contribution in [-0.4, -0.2) is 15.1 Å². The Morgan fingerprint density at radius 3 is 2.89 bits per heavy atom. The van der Waals surface area contributed by atoms with Gasteiger partial charge in [0.15, 0.2) is 4.34 Å². The first-order valence-corrected chi connectivity index (χ1v) is 6.51. The van der Waals surface area contributed by atoms with Crippen LogP contribution in [0.1, 0.15) is 5.56 Å². The highest BCUT2D eigenvalue weighted by atomic mass is 32.2. The number of anilines is 1. The van der Waals surface area contributed by atoms with Crippen LogP contribution in [-0.2, 0) is 5.75 Å². The standard InChI is InChI=1S/C9H7FN4O2S2/c10-6-1-2-7(14(15)16)5(3-6)4-17-9-13-12-8(11)18-9/h1-3H,4H2,(H2,11,12). The van der Waals surface area contributed by atoms with Crippen molar-refractivity contribution in [1.29, 1.82) is 0 Å². The molecule has 2 rings (SSSR count). The molecule has 2 aromatic rings. The molecule has 0 unspecified atom stereocenters. The second kappa shape index (κ2) is 5.27. The molecule has 94 valence electrons. The molecule has 18 heavy (non-hydrogen) atoms. The maximum atomic E-state index is 13.1. The van der Waals surface area contributed by atoms with Gasteiger partial charge in [0.25, 0.3) is 5.69 Å². The molecular weight excluding hydrogens is 279 g/mol. The predicted octanol–water partition coefficient (Wildman–Crippen LogP) is 2.46. The van der Waals surface area contributed by atoms with Crippen molar-refractivity contribution in [3.63, 3.8) is 0 Å². The summed E-state index contributed by atoms with van der Waals surface area (Å²) in [5.41, 5.74) is 5.61. The van der Waals surface area contributed by atoms with E-state index >= 15 is 0 Å². The van der Waals surface area contributed by atoms with Crippen molar-refractivity contribution in [1.82, 2.24) is 10.2 Å². The molecule has 0 bridgehead atoms. The third-order valence-corrected chi connectivity index (χ3v) is 3.95. The largest absolute Gasteiger partial charge is 0.374 e. The zero-order valence-electron chi connectivity index (χ0n) is 8.87. The molecule has 0 aliphatic heterocycles. The molecule has 1 aromatic heterocycles. The maximum Gasteiger partial charge on any atom is 0.273 e. The monoisotopic (exact) mass is 286 g/mol. The van der Waals surface area contributed by atoms with E-state index in [1.165, 1.54) is 23.1 Å². The van der Waals surface area contributed by atoms with E-state index in [-0.39, 0.29) is 11.4 Å². The van der Waals surface area contributed by atoms with E-state index in [9.17, 15) is 14.5 Å². The second-order valence-electron chi connectivity index (χ2n) is 3.23. The summed E-state index contributed by atoms with van der Waals surface area (Å²) in [7, 11) is 0. The van der Waals surface area contributed by atoms with Gasteiger partial charge >= 0.3 is 0 Å². The summed E-state index contributed by atoms with van der Waals surface area (Å²) >= 11 is 2.41. The van der Waals surface area contributed by atoms with Gasteiger partial charge in [-0.15, -0.1) is 10.2 Å². The van der Waals surface area contributed by atoms with E-state index in [0.29, 0.717) is 15.0 Å². The first kappa shape index (κ1) is 12.7. The molecule has 0 saturated carbocycles. The first-order chi connectivity index (χ1) is 8.56. The number of thioether (sulfide) groups is 1. The molecule has 9 heteroatoms. The number of nitro benzene ring substituents is 1. The smallest absolute Gasteiger partial charge is 0.273 e. The topological polar surface area (TPSA) is 94.9 Å². The summed E-state index contributed by atoms with van der Waals surface area (Å²) in [6, 6.07) is 3.37. The Hall–Kier alpha value is -1.74. The Balaban J connectivity index is 2.17. The third kappa shape index (κ3) is 2.93. The number of halogens is 1. The van der Waals surface area contributed by atoms with Crippen molar-refractivity contribution in [3.05, 3.63) is 39.7 Å². The molecule has 0 saturated heterocycles. The summed E-state index contributed by atoms with van der Waals surface area (Å²) in [5.74, 6) is -0.268. The number of nitrogens with two attached hydrogens (primary N) is 1. The molecule has 0 radical (unpaired) electrons. The van der Waals surface area contributed by atoms with Crippen LogP contribution in [0.25, 0.3) is 0 Å². The Morgan fingerprint density at radius 1 is 1.50 bits per heavy atom. The Bertz CT molecular complexity index is 590. The minimum atomic E-state index is -0.538. The van der Waals surface area contributed by atoms with E-state index < -0.39 is 10.7 Å². The van der Waals surface area contributed by atoms with Crippen LogP contribution in [0.3, 0.4) is 0 Å². The summed E-state index contributed by atoms with van der Waals surface area (Å²) in [5, 5.41) is 18.5. The minimum Gasteiger partial charge on any atom is -0.374 e. The number of hydrogen-bond acceptors (Lipinski definition) is 7. The van der Waals surface area contributed by atoms with Gasteiger partial charge in [0, 0.05) is 17.4 Å². The minimum absolute atomic E-state index is 0.110. The molecule has 1 aromatic carbocycles.